The number of halogens is 2. The Kier molecular flexibility index (Phi) is 3.44. The maximum atomic E-state index is 13.9. The summed E-state index contributed by atoms with van der Waals surface area (Å²) in [5.41, 5.74) is -0.531. The molecule has 0 N–H and O–H groups in total. The van der Waals surface area contributed by atoms with E-state index in [4.69, 9.17) is 4.74 Å². The molecule has 1 aliphatic carbocycles. The minimum atomic E-state index is -3.46. The Labute approximate surface area is 116 Å². The molecule has 2 rings (SSSR count). The molecule has 0 saturated carbocycles. The molecule has 2 aliphatic rings. The van der Waals surface area contributed by atoms with Gasteiger partial charge in [0, 0.05) is 5.70 Å². The molecular weight excluding hydrogens is 268 g/mol. The number of hydrogen-bond donors (Lipinski definition) is 0. The summed E-state index contributed by atoms with van der Waals surface area (Å²) < 4.78 is 32.9. The molecule has 1 atom stereocenters. The predicted molar refractivity (Wildman–Crippen MR) is 67.8 cm³/mol. The van der Waals surface area contributed by atoms with Crippen LogP contribution in [0.3, 0.4) is 0 Å². The van der Waals surface area contributed by atoms with Gasteiger partial charge in [-0.05, 0) is 33.3 Å². The monoisotopic (exact) mass is 285 g/mol. The summed E-state index contributed by atoms with van der Waals surface area (Å²) in [6.07, 6.45) is 4.75. The average Bonchev–Trinajstić information content (AvgIpc) is 2.49. The van der Waals surface area contributed by atoms with Crippen LogP contribution in [-0.2, 0) is 14.3 Å². The number of ether oxygens (including phenoxy) is 1. The summed E-state index contributed by atoms with van der Waals surface area (Å²) in [5.74, 6) is -6.66. The lowest BCUT2D eigenvalue weighted by Crippen LogP contribution is -2.39. The lowest BCUT2D eigenvalue weighted by molar-refractivity contribution is -0.161. The summed E-state index contributed by atoms with van der Waals surface area (Å²) in [4.78, 5) is 24.4. The molecule has 6 heteroatoms. The summed E-state index contributed by atoms with van der Waals surface area (Å²) >= 11 is 0. The van der Waals surface area contributed by atoms with Gasteiger partial charge in [0.05, 0.1) is 5.92 Å². The van der Waals surface area contributed by atoms with E-state index >= 15 is 0 Å². The van der Waals surface area contributed by atoms with E-state index < -0.39 is 35.9 Å². The van der Waals surface area contributed by atoms with Crippen LogP contribution >= 0.6 is 0 Å². The van der Waals surface area contributed by atoms with Gasteiger partial charge < -0.3 is 4.74 Å². The first-order chi connectivity index (χ1) is 9.13. The van der Waals surface area contributed by atoms with Crippen LogP contribution in [-0.4, -0.2) is 34.8 Å². The number of rotatable bonds is 2. The molecule has 0 aromatic carbocycles. The van der Waals surface area contributed by atoms with E-state index in [0.29, 0.717) is 0 Å². The minimum absolute atomic E-state index is 0.0927. The van der Waals surface area contributed by atoms with Crippen molar-refractivity contribution in [1.29, 1.82) is 0 Å². The van der Waals surface area contributed by atoms with Gasteiger partial charge in [-0.25, -0.2) is 0 Å². The molecule has 0 aromatic rings. The lowest BCUT2D eigenvalue weighted by atomic mass is 9.94. The molecule has 1 heterocycles. The Morgan fingerprint density at radius 1 is 1.50 bits per heavy atom. The molecule has 1 aliphatic heterocycles. The summed E-state index contributed by atoms with van der Waals surface area (Å²) in [5, 5.41) is 0. The van der Waals surface area contributed by atoms with Crippen molar-refractivity contribution < 1.29 is 23.1 Å². The van der Waals surface area contributed by atoms with E-state index in [2.05, 4.69) is 0 Å². The highest BCUT2D eigenvalue weighted by Gasteiger charge is 2.59. The Morgan fingerprint density at radius 3 is 2.75 bits per heavy atom. The first-order valence-corrected chi connectivity index (χ1v) is 6.41. The summed E-state index contributed by atoms with van der Waals surface area (Å²) in [6, 6.07) is 0. The van der Waals surface area contributed by atoms with Gasteiger partial charge in [-0.3, -0.25) is 14.5 Å². The molecule has 1 saturated heterocycles. The molecule has 110 valence electrons. The highest BCUT2D eigenvalue weighted by molar-refractivity contribution is 5.92. The van der Waals surface area contributed by atoms with Gasteiger partial charge in [0.1, 0.15) is 12.1 Å². The normalized spacial score (nSPS) is 24.4. The fraction of sp³-hybridized carbons (Fsp3) is 0.571. The zero-order valence-corrected chi connectivity index (χ0v) is 11.7. The fourth-order valence-corrected chi connectivity index (χ4v) is 2.34. The number of fused-ring (bicyclic) bond motifs is 1. The molecule has 1 fully saturated rings. The summed E-state index contributed by atoms with van der Waals surface area (Å²) in [7, 11) is 0. The maximum Gasteiger partial charge on any atom is 0.333 e. The third kappa shape index (κ3) is 2.59. The number of amides is 1. The van der Waals surface area contributed by atoms with E-state index in [1.807, 2.05) is 0 Å². The smallest absolute Gasteiger partial charge is 0.333 e. The number of carbonyl (C=O) groups is 2. The number of alkyl halides is 2. The number of hydrogen-bond acceptors (Lipinski definition) is 3. The third-order valence-electron chi connectivity index (χ3n) is 3.12. The van der Waals surface area contributed by atoms with E-state index in [1.165, 1.54) is 6.08 Å². The standard InChI is InChI=1S/C14H17F2NO3/c1-13(2,3)20-11(18)8-17-10-7-5-4-6-9(10)14(15,16)12(17)19/h4-5,7,9H,6,8H2,1-3H3. The Morgan fingerprint density at radius 2 is 2.15 bits per heavy atom. The van der Waals surface area contributed by atoms with Gasteiger partial charge in [0.25, 0.3) is 5.91 Å². The molecule has 20 heavy (non-hydrogen) atoms. The van der Waals surface area contributed by atoms with Gasteiger partial charge in [-0.15, -0.1) is 0 Å². The zero-order chi connectivity index (χ0) is 15.1. The molecule has 0 aromatic heterocycles. The second-order valence-electron chi connectivity index (χ2n) is 5.91. The second kappa shape index (κ2) is 4.68. The van der Waals surface area contributed by atoms with Gasteiger partial charge in [-0.2, -0.15) is 8.78 Å². The van der Waals surface area contributed by atoms with E-state index in [-0.39, 0.29) is 12.1 Å². The van der Waals surface area contributed by atoms with Gasteiger partial charge >= 0.3 is 11.9 Å². The number of carbonyl (C=O) groups excluding carboxylic acids is 2. The molecule has 0 bridgehead atoms. The van der Waals surface area contributed by atoms with Gasteiger partial charge in [0.2, 0.25) is 0 Å². The van der Waals surface area contributed by atoms with Crippen molar-refractivity contribution in [3.05, 3.63) is 23.9 Å². The van der Waals surface area contributed by atoms with Crippen molar-refractivity contribution in [2.75, 3.05) is 6.54 Å². The predicted octanol–water partition coefficient (Wildman–Crippen LogP) is 2.27. The van der Waals surface area contributed by atoms with Crippen LogP contribution in [0.15, 0.2) is 23.9 Å². The Balaban J connectivity index is 2.19. The van der Waals surface area contributed by atoms with Crippen LogP contribution in [0.1, 0.15) is 27.2 Å². The topological polar surface area (TPSA) is 46.6 Å². The first-order valence-electron chi connectivity index (χ1n) is 6.41. The summed E-state index contributed by atoms with van der Waals surface area (Å²) in [6.45, 7) is 4.55. The highest BCUT2D eigenvalue weighted by Crippen LogP contribution is 2.45. The average molecular weight is 285 g/mol. The van der Waals surface area contributed by atoms with Crippen molar-refractivity contribution in [2.24, 2.45) is 5.92 Å². The molecule has 0 spiro atoms. The van der Waals surface area contributed by atoms with Crippen LogP contribution in [0.4, 0.5) is 8.78 Å². The largest absolute Gasteiger partial charge is 0.459 e. The Hall–Kier alpha value is -1.72. The maximum absolute atomic E-state index is 13.9. The van der Waals surface area contributed by atoms with Crippen molar-refractivity contribution in [3.63, 3.8) is 0 Å². The molecule has 1 unspecified atom stereocenters. The van der Waals surface area contributed by atoms with Crippen LogP contribution in [0.5, 0.6) is 0 Å². The number of allylic oxidation sites excluding steroid dienone is 4. The highest BCUT2D eigenvalue weighted by atomic mass is 19.3. The van der Waals surface area contributed by atoms with E-state index in [1.54, 1.807) is 32.9 Å². The molecule has 4 nitrogen and oxygen atoms in total. The quantitative estimate of drug-likeness (QED) is 0.731. The number of esters is 1. The second-order valence-corrected chi connectivity index (χ2v) is 5.91. The SMILES string of the molecule is CC(C)(C)OC(=O)CN1C(=O)C(F)(F)C2CC=CC=C21. The van der Waals surface area contributed by atoms with Gasteiger partial charge in [0.15, 0.2) is 0 Å². The van der Waals surface area contributed by atoms with Crippen LogP contribution in [0.25, 0.3) is 0 Å². The minimum Gasteiger partial charge on any atom is -0.459 e. The number of nitrogens with zero attached hydrogens (tertiary/aromatic N) is 1. The molecular formula is C14H17F2NO3. The van der Waals surface area contributed by atoms with Crippen LogP contribution < -0.4 is 0 Å². The van der Waals surface area contributed by atoms with Crippen LogP contribution in [0.2, 0.25) is 0 Å². The molecule has 1 amide bonds. The van der Waals surface area contributed by atoms with Crippen molar-refractivity contribution in [1.82, 2.24) is 4.90 Å². The zero-order valence-electron chi connectivity index (χ0n) is 11.7. The first kappa shape index (κ1) is 14.7. The van der Waals surface area contributed by atoms with Crippen molar-refractivity contribution >= 4 is 11.9 Å². The van der Waals surface area contributed by atoms with E-state index in [0.717, 1.165) is 4.90 Å². The van der Waals surface area contributed by atoms with Crippen LogP contribution in [0, 0.1) is 5.92 Å². The lowest BCUT2D eigenvalue weighted by Gasteiger charge is -2.23. The van der Waals surface area contributed by atoms with Crippen molar-refractivity contribution in [3.8, 4) is 0 Å². The fourth-order valence-electron chi connectivity index (χ4n) is 2.34. The molecule has 0 radical (unpaired) electrons. The van der Waals surface area contributed by atoms with E-state index in [9.17, 15) is 18.4 Å². The third-order valence-corrected chi connectivity index (χ3v) is 3.12. The Bertz CT molecular complexity index is 503. The van der Waals surface area contributed by atoms with Gasteiger partial charge in [-0.1, -0.05) is 12.2 Å². The van der Waals surface area contributed by atoms with Crippen molar-refractivity contribution in [2.45, 2.75) is 38.7 Å². The number of likely N-dealkylation sites (tertiary alicyclic amines) is 1.